The highest BCUT2D eigenvalue weighted by Gasteiger charge is 2.08. The van der Waals surface area contributed by atoms with Crippen molar-refractivity contribution in [2.75, 3.05) is 0 Å². The lowest BCUT2D eigenvalue weighted by Gasteiger charge is -2.10. The highest BCUT2D eigenvalue weighted by molar-refractivity contribution is 9.10. The van der Waals surface area contributed by atoms with Gasteiger partial charge in [0.25, 0.3) is 5.91 Å². The summed E-state index contributed by atoms with van der Waals surface area (Å²) in [7, 11) is 0. The van der Waals surface area contributed by atoms with Gasteiger partial charge in [-0.05, 0) is 31.2 Å². The molecule has 0 aromatic heterocycles. The second-order valence-corrected chi connectivity index (χ2v) is 4.20. The first kappa shape index (κ1) is 11.9. The molecular formula is C11H12BrNO2. The molecule has 1 aromatic carbocycles. The molecule has 80 valence electrons. The molecule has 1 N–H and O–H groups in total. The van der Waals surface area contributed by atoms with Crippen LogP contribution in [0, 0.1) is 0 Å². The topological polar surface area (TPSA) is 46.2 Å². The summed E-state index contributed by atoms with van der Waals surface area (Å²) in [5.74, 6) is -0.156. The third-order valence-corrected chi connectivity index (χ3v) is 2.46. The molecule has 0 aliphatic heterocycles. The normalized spacial score (nSPS) is 11.9. The number of hydrogen-bond acceptors (Lipinski definition) is 2. The molecule has 3 nitrogen and oxygen atoms in total. The summed E-state index contributed by atoms with van der Waals surface area (Å²) in [5, 5.41) is 2.73. The third kappa shape index (κ3) is 3.83. The number of aldehydes is 1. The number of halogens is 1. The molecular weight excluding hydrogens is 258 g/mol. The van der Waals surface area contributed by atoms with E-state index in [-0.39, 0.29) is 11.9 Å². The van der Waals surface area contributed by atoms with E-state index in [2.05, 4.69) is 21.2 Å². The Labute approximate surface area is 97.0 Å². The summed E-state index contributed by atoms with van der Waals surface area (Å²) in [4.78, 5) is 21.8. The Morgan fingerprint density at radius 2 is 2.07 bits per heavy atom. The number of rotatable bonds is 4. The molecule has 0 aliphatic carbocycles. The van der Waals surface area contributed by atoms with Gasteiger partial charge in [0, 0.05) is 22.5 Å². The van der Waals surface area contributed by atoms with Gasteiger partial charge in [-0.15, -0.1) is 0 Å². The van der Waals surface area contributed by atoms with Crippen molar-refractivity contribution in [2.24, 2.45) is 0 Å². The first-order valence-corrected chi connectivity index (χ1v) is 5.43. The Morgan fingerprint density at radius 3 is 2.60 bits per heavy atom. The fourth-order valence-electron chi connectivity index (χ4n) is 1.11. The van der Waals surface area contributed by atoms with Crippen LogP contribution >= 0.6 is 15.9 Å². The lowest BCUT2D eigenvalue weighted by molar-refractivity contribution is -0.108. The van der Waals surface area contributed by atoms with Crippen LogP contribution in [0.1, 0.15) is 23.7 Å². The Morgan fingerprint density at radius 1 is 1.47 bits per heavy atom. The lowest BCUT2D eigenvalue weighted by Crippen LogP contribution is -2.32. The molecule has 1 amide bonds. The first-order valence-electron chi connectivity index (χ1n) is 4.63. The minimum Gasteiger partial charge on any atom is -0.349 e. The Bertz CT molecular complexity index is 348. The predicted molar refractivity (Wildman–Crippen MR) is 61.8 cm³/mol. The third-order valence-electron chi connectivity index (χ3n) is 1.93. The van der Waals surface area contributed by atoms with Gasteiger partial charge in [0.15, 0.2) is 0 Å². The number of benzene rings is 1. The second-order valence-electron chi connectivity index (χ2n) is 3.28. The highest BCUT2D eigenvalue weighted by Crippen LogP contribution is 2.10. The quantitative estimate of drug-likeness (QED) is 0.852. The molecule has 0 saturated carbocycles. The maximum absolute atomic E-state index is 11.6. The highest BCUT2D eigenvalue weighted by atomic mass is 79.9. The summed E-state index contributed by atoms with van der Waals surface area (Å²) in [6.45, 7) is 1.80. The van der Waals surface area contributed by atoms with Crippen molar-refractivity contribution >= 4 is 28.1 Å². The summed E-state index contributed by atoms with van der Waals surface area (Å²) in [6.07, 6.45) is 1.13. The van der Waals surface area contributed by atoms with Gasteiger partial charge in [0.2, 0.25) is 0 Å². The molecule has 4 heteroatoms. The number of amides is 1. The van der Waals surface area contributed by atoms with Crippen molar-refractivity contribution in [1.29, 1.82) is 0 Å². The molecule has 0 heterocycles. The Hall–Kier alpha value is -1.16. The average molecular weight is 270 g/mol. The van der Waals surface area contributed by atoms with E-state index in [1.54, 1.807) is 31.2 Å². The fraction of sp³-hybridized carbons (Fsp3) is 0.273. The molecule has 0 fully saturated rings. The van der Waals surface area contributed by atoms with Crippen LogP contribution in [0.4, 0.5) is 0 Å². The number of carbonyl (C=O) groups is 2. The average Bonchev–Trinajstić information content (AvgIpc) is 2.18. The van der Waals surface area contributed by atoms with Crippen LogP contribution < -0.4 is 5.32 Å². The number of hydrogen-bond donors (Lipinski definition) is 1. The summed E-state index contributed by atoms with van der Waals surface area (Å²) in [6, 6.07) is 6.94. The zero-order valence-electron chi connectivity index (χ0n) is 8.37. The van der Waals surface area contributed by atoms with E-state index in [0.717, 1.165) is 10.8 Å². The molecule has 15 heavy (non-hydrogen) atoms. The molecule has 0 saturated heterocycles. The van der Waals surface area contributed by atoms with Gasteiger partial charge in [-0.25, -0.2) is 0 Å². The van der Waals surface area contributed by atoms with E-state index in [4.69, 9.17) is 0 Å². The van der Waals surface area contributed by atoms with Gasteiger partial charge in [-0.1, -0.05) is 15.9 Å². The minimum absolute atomic E-state index is 0.126. The van der Waals surface area contributed by atoms with Crippen molar-refractivity contribution in [3.8, 4) is 0 Å². The zero-order valence-corrected chi connectivity index (χ0v) is 9.95. The molecule has 0 aliphatic rings. The molecule has 0 unspecified atom stereocenters. The van der Waals surface area contributed by atoms with Gasteiger partial charge in [-0.3, -0.25) is 4.79 Å². The predicted octanol–water partition coefficient (Wildman–Crippen LogP) is 2.16. The van der Waals surface area contributed by atoms with Crippen LogP contribution in [-0.2, 0) is 4.79 Å². The first-order chi connectivity index (χ1) is 7.13. The number of nitrogens with one attached hydrogen (secondary N) is 1. The van der Waals surface area contributed by atoms with Crippen molar-refractivity contribution < 1.29 is 9.59 Å². The van der Waals surface area contributed by atoms with E-state index in [0.29, 0.717) is 12.0 Å². The van der Waals surface area contributed by atoms with Gasteiger partial charge in [0.05, 0.1) is 0 Å². The van der Waals surface area contributed by atoms with Crippen molar-refractivity contribution in [3.63, 3.8) is 0 Å². The molecule has 0 bridgehead atoms. The second kappa shape index (κ2) is 5.66. The van der Waals surface area contributed by atoms with E-state index in [1.807, 2.05) is 0 Å². The minimum atomic E-state index is -0.156. The van der Waals surface area contributed by atoms with Crippen LogP contribution in [0.3, 0.4) is 0 Å². The van der Waals surface area contributed by atoms with Crippen molar-refractivity contribution in [3.05, 3.63) is 34.3 Å². The van der Waals surface area contributed by atoms with Crippen molar-refractivity contribution in [2.45, 2.75) is 19.4 Å². The van der Waals surface area contributed by atoms with Crippen LogP contribution in [0.5, 0.6) is 0 Å². The molecule has 1 atom stereocenters. The van der Waals surface area contributed by atoms with E-state index < -0.39 is 0 Å². The summed E-state index contributed by atoms with van der Waals surface area (Å²) < 4.78 is 0.931. The standard InChI is InChI=1S/C11H12BrNO2/c1-8(6-7-14)13-11(15)9-2-4-10(12)5-3-9/h2-5,7-8H,6H2,1H3,(H,13,15)/t8-/m1/s1. The van der Waals surface area contributed by atoms with Crippen LogP contribution in [0.2, 0.25) is 0 Å². The zero-order chi connectivity index (χ0) is 11.3. The van der Waals surface area contributed by atoms with E-state index in [1.165, 1.54) is 0 Å². The van der Waals surface area contributed by atoms with Crippen molar-refractivity contribution in [1.82, 2.24) is 5.32 Å². The number of carbonyl (C=O) groups excluding carboxylic acids is 2. The summed E-state index contributed by atoms with van der Waals surface area (Å²) >= 11 is 3.29. The van der Waals surface area contributed by atoms with E-state index in [9.17, 15) is 9.59 Å². The van der Waals surface area contributed by atoms with Gasteiger partial charge in [-0.2, -0.15) is 0 Å². The fourth-order valence-corrected chi connectivity index (χ4v) is 1.38. The van der Waals surface area contributed by atoms with Gasteiger partial charge in [0.1, 0.15) is 6.29 Å². The lowest BCUT2D eigenvalue weighted by atomic mass is 10.2. The molecule has 0 spiro atoms. The van der Waals surface area contributed by atoms with E-state index >= 15 is 0 Å². The van der Waals surface area contributed by atoms with Gasteiger partial charge < -0.3 is 10.1 Å². The summed E-state index contributed by atoms with van der Waals surface area (Å²) in [5.41, 5.74) is 0.593. The van der Waals surface area contributed by atoms with Gasteiger partial charge >= 0.3 is 0 Å². The monoisotopic (exact) mass is 269 g/mol. The molecule has 0 radical (unpaired) electrons. The molecule has 1 aromatic rings. The Kier molecular flexibility index (Phi) is 4.49. The van der Waals surface area contributed by atoms with Crippen LogP contribution in [-0.4, -0.2) is 18.2 Å². The largest absolute Gasteiger partial charge is 0.349 e. The SMILES string of the molecule is C[C@H](CC=O)NC(=O)c1ccc(Br)cc1. The Balaban J connectivity index is 2.61. The van der Waals surface area contributed by atoms with Crippen LogP contribution in [0.25, 0.3) is 0 Å². The maximum atomic E-state index is 11.6. The molecule has 1 rings (SSSR count). The maximum Gasteiger partial charge on any atom is 0.251 e. The van der Waals surface area contributed by atoms with Crippen LogP contribution in [0.15, 0.2) is 28.7 Å². The smallest absolute Gasteiger partial charge is 0.251 e.